The van der Waals surface area contributed by atoms with E-state index in [0.29, 0.717) is 18.5 Å². The van der Waals surface area contributed by atoms with E-state index in [1.165, 1.54) is 25.7 Å². The van der Waals surface area contributed by atoms with Gasteiger partial charge in [0.15, 0.2) is 5.96 Å². The molecule has 0 spiro atoms. The smallest absolute Gasteiger partial charge is 0.213 e. The summed E-state index contributed by atoms with van der Waals surface area (Å²) in [6.45, 7) is 1.24. The maximum Gasteiger partial charge on any atom is 0.213 e. The number of aliphatic imine (C=N–C) groups is 1. The van der Waals surface area contributed by atoms with Crippen molar-refractivity contribution >= 4 is 40.0 Å². The Kier molecular flexibility index (Phi) is 11.3. The molecule has 25 heavy (non-hydrogen) atoms. The van der Waals surface area contributed by atoms with E-state index in [4.69, 9.17) is 10.5 Å². The molecule has 7 nitrogen and oxygen atoms in total. The fraction of sp³-hybridized carbons (Fsp3) is 0.938. The maximum absolute atomic E-state index is 12.0. The molecule has 1 unspecified atom stereocenters. The van der Waals surface area contributed by atoms with Crippen molar-refractivity contribution in [3.63, 3.8) is 0 Å². The third kappa shape index (κ3) is 9.95. The van der Waals surface area contributed by atoms with Gasteiger partial charge >= 0.3 is 0 Å². The van der Waals surface area contributed by atoms with E-state index in [-0.39, 0.29) is 42.4 Å². The Morgan fingerprint density at radius 2 is 1.76 bits per heavy atom. The second-order valence-electron chi connectivity index (χ2n) is 6.76. The number of hydrogen-bond donors (Lipinski definition) is 3. The number of halogens is 1. The first-order chi connectivity index (χ1) is 11.6. The van der Waals surface area contributed by atoms with Crippen molar-refractivity contribution in [2.24, 2.45) is 10.7 Å². The van der Waals surface area contributed by atoms with Crippen molar-refractivity contribution in [1.29, 1.82) is 0 Å². The Morgan fingerprint density at radius 1 is 1.08 bits per heavy atom. The second-order valence-corrected chi connectivity index (χ2v) is 8.68. The third-order valence-corrected chi connectivity index (χ3v) is 5.98. The molecule has 1 saturated carbocycles. The van der Waals surface area contributed by atoms with Gasteiger partial charge in [0.2, 0.25) is 10.0 Å². The van der Waals surface area contributed by atoms with Crippen molar-refractivity contribution < 1.29 is 13.2 Å². The summed E-state index contributed by atoms with van der Waals surface area (Å²) in [5.41, 5.74) is 5.88. The van der Waals surface area contributed by atoms with Crippen LogP contribution in [0.15, 0.2) is 4.99 Å². The molecule has 0 radical (unpaired) electrons. The molecule has 2 aliphatic rings. The largest absolute Gasteiger partial charge is 0.377 e. The zero-order valence-corrected chi connectivity index (χ0v) is 18.1. The van der Waals surface area contributed by atoms with Gasteiger partial charge in [0.25, 0.3) is 0 Å². The summed E-state index contributed by atoms with van der Waals surface area (Å²) in [7, 11) is -3.34. The fourth-order valence-electron chi connectivity index (χ4n) is 3.23. The number of hydrogen-bond acceptors (Lipinski definition) is 4. The van der Waals surface area contributed by atoms with Crippen molar-refractivity contribution in [1.82, 2.24) is 10.0 Å². The van der Waals surface area contributed by atoms with E-state index in [2.05, 4.69) is 15.0 Å². The van der Waals surface area contributed by atoms with Gasteiger partial charge in [0, 0.05) is 19.2 Å². The second kappa shape index (κ2) is 12.3. The highest BCUT2D eigenvalue weighted by molar-refractivity contribution is 14.0. The Bertz CT molecular complexity index is 488. The lowest BCUT2D eigenvalue weighted by Gasteiger charge is -2.22. The molecular weight excluding hydrogens is 455 g/mol. The van der Waals surface area contributed by atoms with Gasteiger partial charge < -0.3 is 15.8 Å². The number of rotatable bonds is 7. The number of guanidine groups is 1. The third-order valence-electron chi connectivity index (χ3n) is 4.65. The van der Waals surface area contributed by atoms with E-state index in [1.807, 2.05) is 0 Å². The zero-order valence-electron chi connectivity index (χ0n) is 14.9. The number of nitrogens with zero attached hydrogens (tertiary/aromatic N) is 1. The summed E-state index contributed by atoms with van der Waals surface area (Å²) < 4.78 is 32.1. The highest BCUT2D eigenvalue weighted by Crippen LogP contribution is 2.16. The van der Waals surface area contributed by atoms with Crippen LogP contribution in [0.5, 0.6) is 0 Å². The van der Waals surface area contributed by atoms with E-state index in [0.717, 1.165) is 38.7 Å². The first kappa shape index (κ1) is 22.9. The highest BCUT2D eigenvalue weighted by Gasteiger charge is 2.17. The average Bonchev–Trinajstić information content (AvgIpc) is 2.82. The molecule has 1 atom stereocenters. The van der Waals surface area contributed by atoms with Gasteiger partial charge in [0.1, 0.15) is 0 Å². The van der Waals surface area contributed by atoms with Gasteiger partial charge in [-0.25, -0.2) is 13.1 Å². The minimum absolute atomic E-state index is 0. The number of nitrogens with one attached hydrogen (secondary N) is 2. The molecule has 2 rings (SSSR count). The van der Waals surface area contributed by atoms with Gasteiger partial charge in [-0.2, -0.15) is 0 Å². The van der Waals surface area contributed by atoms with Gasteiger partial charge in [0.05, 0.1) is 18.4 Å². The van der Waals surface area contributed by atoms with Crippen LogP contribution in [0.4, 0.5) is 0 Å². The van der Waals surface area contributed by atoms with E-state index in [1.54, 1.807) is 0 Å². The lowest BCUT2D eigenvalue weighted by Crippen LogP contribution is -2.40. The first-order valence-electron chi connectivity index (χ1n) is 9.20. The molecule has 9 heteroatoms. The molecule has 0 aromatic carbocycles. The van der Waals surface area contributed by atoms with Gasteiger partial charge in [-0.15, -0.1) is 24.0 Å². The summed E-state index contributed by atoms with van der Waals surface area (Å²) in [6.07, 6.45) is 10.3. The molecule has 2 fully saturated rings. The van der Waals surface area contributed by atoms with Crippen LogP contribution in [0.25, 0.3) is 0 Å². The van der Waals surface area contributed by atoms with Gasteiger partial charge in [-0.05, 0) is 32.1 Å². The predicted octanol–water partition coefficient (Wildman–Crippen LogP) is 1.72. The Balaban J connectivity index is 0.00000312. The van der Waals surface area contributed by atoms with Crippen molar-refractivity contribution in [3.05, 3.63) is 0 Å². The van der Waals surface area contributed by atoms with Crippen LogP contribution in [-0.4, -0.2) is 52.0 Å². The van der Waals surface area contributed by atoms with Crippen LogP contribution in [0, 0.1) is 0 Å². The van der Waals surface area contributed by atoms with Crippen LogP contribution in [-0.2, 0) is 14.8 Å². The summed E-state index contributed by atoms with van der Waals surface area (Å²) in [4.78, 5) is 4.16. The highest BCUT2D eigenvalue weighted by atomic mass is 127. The first-order valence-corrected chi connectivity index (χ1v) is 10.9. The molecule has 0 bridgehead atoms. The van der Waals surface area contributed by atoms with Crippen molar-refractivity contribution in [2.45, 2.75) is 69.9 Å². The molecule has 0 aromatic rings. The summed E-state index contributed by atoms with van der Waals surface area (Å²) in [5, 5.41) is 3.22. The number of sulfonamides is 1. The lowest BCUT2D eigenvalue weighted by atomic mass is 10.1. The quantitative estimate of drug-likeness (QED) is 0.219. The lowest BCUT2D eigenvalue weighted by molar-refractivity contribution is 0.0200. The van der Waals surface area contributed by atoms with Crippen LogP contribution in [0.1, 0.15) is 57.8 Å². The monoisotopic (exact) mass is 488 g/mol. The summed E-state index contributed by atoms with van der Waals surface area (Å²) in [6, 6.07) is 0.370. The standard InChI is InChI=1S/C16H32N4O3S.HI/c17-16(20-14-7-3-1-2-4-8-14)18-10-12-24(21,22)19-13-15-9-5-6-11-23-15;/h14-15,19H,1-13H2,(H3,17,18,20);1H. The fourth-order valence-corrected chi connectivity index (χ4v) is 4.14. The Hall–Kier alpha value is -0.130. The van der Waals surface area contributed by atoms with Crippen molar-refractivity contribution in [2.75, 3.05) is 25.4 Å². The topological polar surface area (TPSA) is 106 Å². The minimum atomic E-state index is -3.34. The van der Waals surface area contributed by atoms with Gasteiger partial charge in [-0.1, -0.05) is 25.7 Å². The summed E-state index contributed by atoms with van der Waals surface area (Å²) >= 11 is 0. The molecule has 148 valence electrons. The predicted molar refractivity (Wildman–Crippen MR) is 112 cm³/mol. The molecule has 4 N–H and O–H groups in total. The van der Waals surface area contributed by atoms with E-state index in [9.17, 15) is 8.42 Å². The normalized spacial score (nSPS) is 23.5. The van der Waals surface area contributed by atoms with Crippen LogP contribution in [0.2, 0.25) is 0 Å². The maximum atomic E-state index is 12.0. The van der Waals surface area contributed by atoms with Crippen molar-refractivity contribution in [3.8, 4) is 0 Å². The minimum Gasteiger partial charge on any atom is -0.377 e. The molecule has 1 saturated heterocycles. The average molecular weight is 488 g/mol. The van der Waals surface area contributed by atoms with Crippen LogP contribution < -0.4 is 15.8 Å². The molecule has 0 amide bonds. The molecule has 1 heterocycles. The Labute approximate surface area is 169 Å². The van der Waals surface area contributed by atoms with Crippen LogP contribution >= 0.6 is 24.0 Å². The van der Waals surface area contributed by atoms with Crippen LogP contribution in [0.3, 0.4) is 0 Å². The van der Waals surface area contributed by atoms with E-state index >= 15 is 0 Å². The molecule has 1 aliphatic carbocycles. The zero-order chi connectivity index (χ0) is 17.3. The number of nitrogens with two attached hydrogens (primary N) is 1. The van der Waals surface area contributed by atoms with E-state index < -0.39 is 10.0 Å². The Morgan fingerprint density at radius 3 is 2.40 bits per heavy atom. The molecule has 1 aliphatic heterocycles. The molecule has 0 aromatic heterocycles. The molecular formula is C16H33IN4O3S. The summed E-state index contributed by atoms with van der Waals surface area (Å²) in [5.74, 6) is 0.306. The van der Waals surface area contributed by atoms with Gasteiger partial charge in [-0.3, -0.25) is 4.99 Å². The SMILES string of the molecule is I.NC(=NCCS(=O)(=O)NCC1CCCCO1)NC1CCCCCC1. The number of ether oxygens (including phenoxy) is 1.